The minimum atomic E-state index is 0.480. The number of rotatable bonds is 2. The summed E-state index contributed by atoms with van der Waals surface area (Å²) in [6.07, 6.45) is 3.68. The predicted octanol–water partition coefficient (Wildman–Crippen LogP) is 2.07. The van der Waals surface area contributed by atoms with Gasteiger partial charge in [-0.05, 0) is 37.1 Å². The van der Waals surface area contributed by atoms with Crippen LogP contribution in [0.5, 0.6) is 0 Å². The minimum absolute atomic E-state index is 0.480. The van der Waals surface area contributed by atoms with Crippen LogP contribution < -0.4 is 5.73 Å². The van der Waals surface area contributed by atoms with Crippen molar-refractivity contribution >= 4 is 17.1 Å². The highest BCUT2D eigenvalue weighted by Crippen LogP contribution is 2.18. The number of hydrogen-bond donors (Lipinski definition) is 1. The largest absolute Gasteiger partial charge is 0.369 e. The fourth-order valence-electron chi connectivity index (χ4n) is 2.06. The molecule has 0 atom stereocenters. The van der Waals surface area contributed by atoms with E-state index < -0.39 is 0 Å². The molecular weight excluding hydrogens is 238 g/mol. The Balaban J connectivity index is 2.05. The first-order valence-corrected chi connectivity index (χ1v) is 6.13. The molecule has 0 aliphatic heterocycles. The molecule has 0 saturated heterocycles. The smallest absolute Gasteiger partial charge is 0.202 e. The Morgan fingerprint density at radius 3 is 2.74 bits per heavy atom. The van der Waals surface area contributed by atoms with E-state index in [1.165, 1.54) is 0 Å². The molecule has 0 fully saturated rings. The van der Waals surface area contributed by atoms with Crippen LogP contribution in [0.2, 0.25) is 0 Å². The zero-order valence-corrected chi connectivity index (χ0v) is 11.0. The fourth-order valence-corrected chi connectivity index (χ4v) is 2.06. The second-order valence-electron chi connectivity index (χ2n) is 4.72. The van der Waals surface area contributed by atoms with E-state index in [1.807, 2.05) is 49.0 Å². The van der Waals surface area contributed by atoms with Crippen LogP contribution in [0.3, 0.4) is 0 Å². The Morgan fingerprint density at radius 2 is 2.00 bits per heavy atom. The van der Waals surface area contributed by atoms with Crippen LogP contribution in [0, 0.1) is 13.8 Å². The number of aryl methyl sites for hydroxylation is 2. The summed E-state index contributed by atoms with van der Waals surface area (Å²) >= 11 is 0. The Hall–Kier alpha value is -2.43. The molecule has 3 heterocycles. The lowest BCUT2D eigenvalue weighted by atomic mass is 10.2. The highest BCUT2D eigenvalue weighted by molar-refractivity contribution is 5.74. The Morgan fingerprint density at radius 1 is 1.16 bits per heavy atom. The average Bonchev–Trinajstić information content (AvgIpc) is 2.68. The Kier molecular flexibility index (Phi) is 2.67. The zero-order valence-electron chi connectivity index (χ0n) is 11.0. The van der Waals surface area contributed by atoms with Crippen molar-refractivity contribution in [2.75, 3.05) is 5.73 Å². The summed E-state index contributed by atoms with van der Waals surface area (Å²) < 4.78 is 1.90. The van der Waals surface area contributed by atoms with E-state index >= 15 is 0 Å². The van der Waals surface area contributed by atoms with Crippen molar-refractivity contribution in [3.63, 3.8) is 0 Å². The molecule has 3 aromatic rings. The summed E-state index contributed by atoms with van der Waals surface area (Å²) in [5.41, 5.74) is 10.8. The van der Waals surface area contributed by atoms with Gasteiger partial charge >= 0.3 is 0 Å². The van der Waals surface area contributed by atoms with Crippen LogP contribution in [0.15, 0.2) is 30.6 Å². The number of pyridine rings is 2. The first-order chi connectivity index (χ1) is 9.13. The number of aromatic nitrogens is 4. The van der Waals surface area contributed by atoms with Crippen LogP contribution in [0.25, 0.3) is 11.2 Å². The van der Waals surface area contributed by atoms with E-state index in [9.17, 15) is 0 Å². The fraction of sp³-hybridized carbons (Fsp3) is 0.214. The van der Waals surface area contributed by atoms with Crippen molar-refractivity contribution in [2.24, 2.45) is 0 Å². The van der Waals surface area contributed by atoms with Crippen LogP contribution in [-0.2, 0) is 6.54 Å². The first-order valence-electron chi connectivity index (χ1n) is 6.13. The molecule has 2 N–H and O–H groups in total. The number of anilines is 1. The molecule has 5 heteroatoms. The van der Waals surface area contributed by atoms with E-state index in [2.05, 4.69) is 15.0 Å². The SMILES string of the molecule is Cc1cnc2c(c1)nc(N)n2Cc1ccc(C)nc1. The lowest BCUT2D eigenvalue weighted by Crippen LogP contribution is -2.05. The van der Waals surface area contributed by atoms with Gasteiger partial charge < -0.3 is 5.73 Å². The summed E-state index contributed by atoms with van der Waals surface area (Å²) in [7, 11) is 0. The van der Waals surface area contributed by atoms with Gasteiger partial charge in [-0.1, -0.05) is 6.07 Å². The van der Waals surface area contributed by atoms with Gasteiger partial charge in [0, 0.05) is 18.1 Å². The normalized spacial score (nSPS) is 11.1. The van der Waals surface area contributed by atoms with Crippen molar-refractivity contribution in [3.8, 4) is 0 Å². The molecule has 0 saturated carbocycles. The molecule has 0 spiro atoms. The van der Waals surface area contributed by atoms with Gasteiger partial charge in [0.2, 0.25) is 5.95 Å². The Bertz CT molecular complexity index is 727. The summed E-state index contributed by atoms with van der Waals surface area (Å²) in [5, 5.41) is 0. The van der Waals surface area contributed by atoms with E-state index in [4.69, 9.17) is 5.73 Å². The van der Waals surface area contributed by atoms with Gasteiger partial charge in [0.15, 0.2) is 5.65 Å². The molecule has 3 aromatic heterocycles. The molecule has 5 nitrogen and oxygen atoms in total. The number of imidazole rings is 1. The van der Waals surface area contributed by atoms with Crippen LogP contribution in [-0.4, -0.2) is 19.5 Å². The molecule has 19 heavy (non-hydrogen) atoms. The van der Waals surface area contributed by atoms with Crippen LogP contribution >= 0.6 is 0 Å². The van der Waals surface area contributed by atoms with E-state index in [-0.39, 0.29) is 0 Å². The highest BCUT2D eigenvalue weighted by Gasteiger charge is 2.10. The van der Waals surface area contributed by atoms with Crippen molar-refractivity contribution in [1.29, 1.82) is 0 Å². The standard InChI is InChI=1S/C14H15N5/c1-9-5-12-13(17-6-9)19(14(15)18-12)8-11-4-3-10(2)16-7-11/h3-7H,8H2,1-2H3,(H2,15,18). The van der Waals surface area contributed by atoms with Crippen molar-refractivity contribution in [1.82, 2.24) is 19.5 Å². The van der Waals surface area contributed by atoms with Gasteiger partial charge in [0.05, 0.1) is 6.54 Å². The lowest BCUT2D eigenvalue weighted by Gasteiger charge is -2.06. The monoisotopic (exact) mass is 253 g/mol. The molecule has 0 aliphatic carbocycles. The molecule has 96 valence electrons. The van der Waals surface area contributed by atoms with Gasteiger partial charge in [0.25, 0.3) is 0 Å². The summed E-state index contributed by atoms with van der Waals surface area (Å²) in [6, 6.07) is 6.02. The average molecular weight is 253 g/mol. The first kappa shape index (κ1) is 11.6. The molecule has 0 radical (unpaired) electrons. The van der Waals surface area contributed by atoms with Gasteiger partial charge in [0.1, 0.15) is 5.52 Å². The number of nitrogens with two attached hydrogens (primary N) is 1. The maximum absolute atomic E-state index is 5.97. The quantitative estimate of drug-likeness (QED) is 0.759. The second-order valence-corrected chi connectivity index (χ2v) is 4.72. The maximum atomic E-state index is 5.97. The number of hydrogen-bond acceptors (Lipinski definition) is 4. The second kappa shape index (κ2) is 4.35. The van der Waals surface area contributed by atoms with E-state index in [0.29, 0.717) is 12.5 Å². The van der Waals surface area contributed by atoms with Crippen molar-refractivity contribution in [3.05, 3.63) is 47.4 Å². The van der Waals surface area contributed by atoms with Crippen LogP contribution in [0.1, 0.15) is 16.8 Å². The van der Waals surface area contributed by atoms with Crippen molar-refractivity contribution in [2.45, 2.75) is 20.4 Å². The van der Waals surface area contributed by atoms with Gasteiger partial charge in [-0.2, -0.15) is 0 Å². The third-order valence-corrected chi connectivity index (χ3v) is 3.06. The number of nitrogens with zero attached hydrogens (tertiary/aromatic N) is 4. The highest BCUT2D eigenvalue weighted by atomic mass is 15.2. The van der Waals surface area contributed by atoms with E-state index in [0.717, 1.165) is 28.0 Å². The maximum Gasteiger partial charge on any atom is 0.202 e. The molecule has 0 aromatic carbocycles. The molecule has 0 bridgehead atoms. The summed E-state index contributed by atoms with van der Waals surface area (Å²) in [4.78, 5) is 13.0. The third-order valence-electron chi connectivity index (χ3n) is 3.06. The minimum Gasteiger partial charge on any atom is -0.369 e. The molecule has 0 amide bonds. The van der Waals surface area contributed by atoms with E-state index in [1.54, 1.807) is 0 Å². The predicted molar refractivity (Wildman–Crippen MR) is 74.8 cm³/mol. The van der Waals surface area contributed by atoms with Crippen LogP contribution in [0.4, 0.5) is 5.95 Å². The van der Waals surface area contributed by atoms with Gasteiger partial charge in [-0.3, -0.25) is 9.55 Å². The van der Waals surface area contributed by atoms with Gasteiger partial charge in [-0.15, -0.1) is 0 Å². The Labute approximate surface area is 111 Å². The molecule has 0 aliphatic rings. The zero-order chi connectivity index (χ0) is 13.4. The molecule has 3 rings (SSSR count). The van der Waals surface area contributed by atoms with Crippen molar-refractivity contribution < 1.29 is 0 Å². The summed E-state index contributed by atoms with van der Waals surface area (Å²) in [6.45, 7) is 4.59. The molecular formula is C14H15N5. The number of fused-ring (bicyclic) bond motifs is 1. The molecule has 0 unspecified atom stereocenters. The number of nitrogen functional groups attached to an aromatic ring is 1. The lowest BCUT2D eigenvalue weighted by molar-refractivity contribution is 0.821. The van der Waals surface area contributed by atoms with Gasteiger partial charge in [-0.25, -0.2) is 9.97 Å². The summed E-state index contributed by atoms with van der Waals surface area (Å²) in [5.74, 6) is 0.480. The third kappa shape index (κ3) is 2.14. The topological polar surface area (TPSA) is 69.6 Å².